The van der Waals surface area contributed by atoms with Crippen LogP contribution in [0, 0.1) is 0 Å². The lowest BCUT2D eigenvalue weighted by Gasteiger charge is -2.24. The third-order valence-corrected chi connectivity index (χ3v) is 4.82. The Kier molecular flexibility index (Phi) is 9.03. The van der Waals surface area contributed by atoms with Gasteiger partial charge in [0.15, 0.2) is 5.96 Å². The van der Waals surface area contributed by atoms with Crippen molar-refractivity contribution >= 4 is 5.96 Å². The first-order chi connectivity index (χ1) is 13.8. The molecular weight excluding hydrogens is 385 g/mol. The molecule has 0 radical (unpaired) electrons. The fourth-order valence-electron chi connectivity index (χ4n) is 3.30. The van der Waals surface area contributed by atoms with Crippen LogP contribution in [0.5, 0.6) is 5.75 Å². The number of likely N-dealkylation sites (tertiary alicyclic amines) is 1. The highest BCUT2D eigenvalue weighted by Gasteiger charge is 2.30. The number of ether oxygens (including phenoxy) is 1. The molecule has 164 valence electrons. The molecule has 0 amide bonds. The molecule has 1 aromatic carbocycles. The topological polar surface area (TPSA) is 69.1 Å². The third-order valence-electron chi connectivity index (χ3n) is 4.82. The van der Waals surface area contributed by atoms with E-state index in [1.54, 1.807) is 0 Å². The van der Waals surface area contributed by atoms with Crippen LogP contribution in [0.15, 0.2) is 29.3 Å². The number of aliphatic imine (C=N–C) groups is 1. The molecule has 1 heterocycles. The van der Waals surface area contributed by atoms with Crippen molar-refractivity contribution in [3.05, 3.63) is 29.8 Å². The van der Waals surface area contributed by atoms with E-state index in [-0.39, 0.29) is 18.9 Å². The van der Waals surface area contributed by atoms with Gasteiger partial charge in [-0.3, -0.25) is 9.89 Å². The highest BCUT2D eigenvalue weighted by Crippen LogP contribution is 2.31. The van der Waals surface area contributed by atoms with Crippen molar-refractivity contribution in [1.29, 1.82) is 0 Å². The van der Waals surface area contributed by atoms with E-state index in [2.05, 4.69) is 27.4 Å². The molecule has 9 heteroatoms. The highest BCUT2D eigenvalue weighted by atomic mass is 19.4. The van der Waals surface area contributed by atoms with Crippen LogP contribution in [0.25, 0.3) is 0 Å². The van der Waals surface area contributed by atoms with Crippen molar-refractivity contribution in [3.8, 4) is 5.75 Å². The van der Waals surface area contributed by atoms with Crippen molar-refractivity contribution in [1.82, 2.24) is 15.5 Å². The molecule has 0 saturated carbocycles. The average Bonchev–Trinajstić information content (AvgIpc) is 3.15. The van der Waals surface area contributed by atoms with Gasteiger partial charge in [0.05, 0.1) is 12.1 Å². The first-order valence-corrected chi connectivity index (χ1v) is 10.1. The minimum atomic E-state index is -4.43. The van der Waals surface area contributed by atoms with Crippen LogP contribution in [-0.4, -0.2) is 67.4 Å². The van der Waals surface area contributed by atoms with Crippen molar-refractivity contribution in [3.63, 3.8) is 0 Å². The van der Waals surface area contributed by atoms with E-state index in [0.29, 0.717) is 18.5 Å². The van der Waals surface area contributed by atoms with Gasteiger partial charge < -0.3 is 20.5 Å². The molecule has 2 unspecified atom stereocenters. The number of halogens is 3. The molecule has 2 rings (SSSR count). The van der Waals surface area contributed by atoms with Gasteiger partial charge in [-0.25, -0.2) is 0 Å². The smallest absolute Gasteiger partial charge is 0.416 e. The van der Waals surface area contributed by atoms with E-state index in [4.69, 9.17) is 4.74 Å². The molecule has 1 saturated heterocycles. The van der Waals surface area contributed by atoms with Gasteiger partial charge in [-0.15, -0.1) is 0 Å². The maximum atomic E-state index is 12.7. The van der Waals surface area contributed by atoms with Gasteiger partial charge in [-0.1, -0.05) is 13.0 Å². The zero-order valence-electron chi connectivity index (χ0n) is 17.0. The largest absolute Gasteiger partial charge is 0.491 e. The maximum Gasteiger partial charge on any atom is 0.416 e. The third kappa shape index (κ3) is 7.74. The number of hydrogen-bond acceptors (Lipinski definition) is 4. The second-order valence-electron chi connectivity index (χ2n) is 7.02. The van der Waals surface area contributed by atoms with Crippen LogP contribution in [0.4, 0.5) is 13.2 Å². The second kappa shape index (κ2) is 11.3. The molecule has 3 N–H and O–H groups in total. The number of hydrogen-bond donors (Lipinski definition) is 3. The van der Waals surface area contributed by atoms with E-state index in [0.717, 1.165) is 38.2 Å². The van der Waals surface area contributed by atoms with Crippen molar-refractivity contribution in [2.45, 2.75) is 45.0 Å². The minimum absolute atomic E-state index is 0.0637. The summed E-state index contributed by atoms with van der Waals surface area (Å²) >= 11 is 0. The molecule has 2 atom stereocenters. The number of alkyl halides is 3. The summed E-state index contributed by atoms with van der Waals surface area (Å²) < 4.78 is 43.5. The Bertz CT molecular complexity index is 655. The zero-order valence-corrected chi connectivity index (χ0v) is 17.0. The molecule has 1 aliphatic rings. The fourth-order valence-corrected chi connectivity index (χ4v) is 3.30. The average molecular weight is 416 g/mol. The molecule has 0 aliphatic carbocycles. The van der Waals surface area contributed by atoms with Gasteiger partial charge in [0.1, 0.15) is 18.5 Å². The van der Waals surface area contributed by atoms with Crippen molar-refractivity contribution in [2.75, 3.05) is 39.3 Å². The van der Waals surface area contributed by atoms with E-state index < -0.39 is 17.8 Å². The van der Waals surface area contributed by atoms with Gasteiger partial charge in [-0.05, 0) is 51.1 Å². The van der Waals surface area contributed by atoms with Crippen molar-refractivity contribution < 1.29 is 23.0 Å². The van der Waals surface area contributed by atoms with E-state index >= 15 is 0 Å². The lowest BCUT2D eigenvalue weighted by atomic mass is 10.2. The molecule has 1 fully saturated rings. The lowest BCUT2D eigenvalue weighted by Crippen LogP contribution is -2.45. The molecule has 1 aromatic rings. The predicted molar refractivity (Wildman–Crippen MR) is 107 cm³/mol. The van der Waals surface area contributed by atoms with Gasteiger partial charge in [-0.2, -0.15) is 13.2 Å². The van der Waals surface area contributed by atoms with Crippen LogP contribution in [-0.2, 0) is 6.18 Å². The van der Waals surface area contributed by atoms with E-state index in [1.807, 2.05) is 6.92 Å². The lowest BCUT2D eigenvalue weighted by molar-refractivity contribution is -0.137. The van der Waals surface area contributed by atoms with Crippen molar-refractivity contribution in [2.24, 2.45) is 4.99 Å². The van der Waals surface area contributed by atoms with Crippen LogP contribution >= 0.6 is 0 Å². The number of aliphatic hydroxyl groups excluding tert-OH is 1. The summed E-state index contributed by atoms with van der Waals surface area (Å²) in [5, 5.41) is 16.5. The molecule has 0 spiro atoms. The maximum absolute atomic E-state index is 12.7. The first-order valence-electron chi connectivity index (χ1n) is 10.1. The van der Waals surface area contributed by atoms with Gasteiger partial charge in [0.25, 0.3) is 0 Å². The summed E-state index contributed by atoms with van der Waals surface area (Å²) in [5.41, 5.74) is -0.783. The number of nitrogens with zero attached hydrogens (tertiary/aromatic N) is 2. The van der Waals surface area contributed by atoms with Gasteiger partial charge in [0, 0.05) is 19.1 Å². The Morgan fingerprint density at radius 1 is 1.34 bits per heavy atom. The summed E-state index contributed by atoms with van der Waals surface area (Å²) in [6.07, 6.45) is -3.02. The summed E-state index contributed by atoms with van der Waals surface area (Å²) in [4.78, 5) is 6.79. The molecule has 1 aliphatic heterocycles. The minimum Gasteiger partial charge on any atom is -0.491 e. The molecule has 0 bridgehead atoms. The Balaban J connectivity index is 1.82. The van der Waals surface area contributed by atoms with Gasteiger partial charge >= 0.3 is 6.18 Å². The SMILES string of the molecule is CCNC(=NCC(O)COc1cccc(C(F)(F)F)c1)NCC1CCCN1CC. The number of aliphatic hydroxyl groups is 1. The second-order valence-corrected chi connectivity index (χ2v) is 7.02. The molecule has 29 heavy (non-hydrogen) atoms. The number of likely N-dealkylation sites (N-methyl/N-ethyl adjacent to an activating group) is 1. The summed E-state index contributed by atoms with van der Waals surface area (Å²) in [6, 6.07) is 5.07. The molecular formula is C20H31F3N4O2. The number of nitrogens with one attached hydrogen (secondary N) is 2. The van der Waals surface area contributed by atoms with Crippen LogP contribution < -0.4 is 15.4 Å². The first kappa shape index (κ1) is 23.3. The van der Waals surface area contributed by atoms with E-state index in [9.17, 15) is 18.3 Å². The Morgan fingerprint density at radius 3 is 2.83 bits per heavy atom. The monoisotopic (exact) mass is 416 g/mol. The van der Waals surface area contributed by atoms with Crippen LogP contribution in [0.3, 0.4) is 0 Å². The Hall–Kier alpha value is -2.00. The summed E-state index contributed by atoms with van der Waals surface area (Å²) in [6.45, 7) is 7.64. The normalized spacial score (nSPS) is 19.2. The van der Waals surface area contributed by atoms with Crippen LogP contribution in [0.1, 0.15) is 32.3 Å². The summed E-state index contributed by atoms with van der Waals surface area (Å²) in [5.74, 6) is 0.669. The Labute approximate surface area is 170 Å². The summed E-state index contributed by atoms with van der Waals surface area (Å²) in [7, 11) is 0. The van der Waals surface area contributed by atoms with E-state index in [1.165, 1.54) is 18.6 Å². The number of benzene rings is 1. The van der Waals surface area contributed by atoms with Crippen LogP contribution in [0.2, 0.25) is 0 Å². The fraction of sp³-hybridized carbons (Fsp3) is 0.650. The molecule has 6 nitrogen and oxygen atoms in total. The number of guanidine groups is 1. The zero-order chi connectivity index (χ0) is 21.3. The highest BCUT2D eigenvalue weighted by molar-refractivity contribution is 5.79. The quantitative estimate of drug-likeness (QED) is 0.426. The van der Waals surface area contributed by atoms with Gasteiger partial charge in [0.2, 0.25) is 0 Å². The standard InChI is InChI=1S/C20H31F3N4O2/c1-3-24-19(25-12-16-8-6-10-27(16)4-2)26-13-17(28)14-29-18-9-5-7-15(11-18)20(21,22)23/h5,7,9,11,16-17,28H,3-4,6,8,10,12-14H2,1-2H3,(H2,24,25,26). The number of rotatable bonds is 9. The predicted octanol–water partition coefficient (Wildman–Crippen LogP) is 2.48. The Morgan fingerprint density at radius 2 is 2.14 bits per heavy atom. The molecule has 0 aromatic heterocycles.